The van der Waals surface area contributed by atoms with Crippen LogP contribution >= 0.6 is 11.6 Å². The van der Waals surface area contributed by atoms with E-state index in [1.165, 1.54) is 0 Å². The summed E-state index contributed by atoms with van der Waals surface area (Å²) in [5.41, 5.74) is 2.50. The van der Waals surface area contributed by atoms with Gasteiger partial charge in [0.15, 0.2) is 0 Å². The number of likely N-dealkylation sites (N-methyl/N-ethyl adjacent to an activating group) is 1. The Kier molecular flexibility index (Phi) is 5.33. The molecule has 3 rings (SSSR count). The van der Waals surface area contributed by atoms with Crippen LogP contribution in [0.1, 0.15) is 16.1 Å². The van der Waals surface area contributed by atoms with E-state index in [1.54, 1.807) is 6.20 Å². The van der Waals surface area contributed by atoms with E-state index in [4.69, 9.17) is 11.6 Å². The van der Waals surface area contributed by atoms with Crippen LogP contribution in [0.25, 0.3) is 0 Å². The topological polar surface area (TPSA) is 48.5 Å². The Bertz CT molecular complexity index is 696. The number of rotatable bonds is 4. The van der Waals surface area contributed by atoms with Crippen LogP contribution in [0.4, 0.5) is 5.69 Å². The zero-order chi connectivity index (χ0) is 16.9. The van der Waals surface area contributed by atoms with Gasteiger partial charge < -0.3 is 15.1 Å². The van der Waals surface area contributed by atoms with Crippen molar-refractivity contribution in [2.75, 3.05) is 38.5 Å². The zero-order valence-corrected chi connectivity index (χ0v) is 14.5. The number of amides is 1. The second-order valence-electron chi connectivity index (χ2n) is 6.01. The first kappa shape index (κ1) is 16.7. The molecule has 0 saturated carbocycles. The predicted octanol–water partition coefficient (Wildman–Crippen LogP) is 2.73. The maximum absolute atomic E-state index is 12.6. The lowest BCUT2D eigenvalue weighted by Gasteiger charge is -2.32. The standard InChI is InChI=1S/C18H21ClN4O/c1-22-8-10-23(11-9-22)18(24)17-12-16(6-7-20-17)21-13-14-2-4-15(19)5-3-14/h2-7,12H,8-11,13H2,1H3,(H,20,21). The number of halogens is 1. The highest BCUT2D eigenvalue weighted by molar-refractivity contribution is 6.30. The Morgan fingerprint density at radius 2 is 1.88 bits per heavy atom. The molecule has 1 aromatic carbocycles. The van der Waals surface area contributed by atoms with Gasteiger partial charge in [0.1, 0.15) is 5.69 Å². The number of benzene rings is 1. The first-order chi connectivity index (χ1) is 11.6. The summed E-state index contributed by atoms with van der Waals surface area (Å²) in [5, 5.41) is 4.05. The molecule has 0 radical (unpaired) electrons. The van der Waals surface area contributed by atoms with Crippen LogP contribution in [-0.2, 0) is 6.54 Å². The Labute approximate surface area is 147 Å². The Morgan fingerprint density at radius 3 is 2.58 bits per heavy atom. The molecule has 0 atom stereocenters. The summed E-state index contributed by atoms with van der Waals surface area (Å²) in [4.78, 5) is 20.9. The van der Waals surface area contributed by atoms with E-state index in [-0.39, 0.29) is 5.91 Å². The predicted molar refractivity (Wildman–Crippen MR) is 96.4 cm³/mol. The molecular formula is C18H21ClN4O. The molecule has 6 heteroatoms. The number of carbonyl (C=O) groups excluding carboxylic acids is 1. The van der Waals surface area contributed by atoms with Crippen LogP contribution < -0.4 is 5.32 Å². The van der Waals surface area contributed by atoms with Crippen LogP contribution in [0.5, 0.6) is 0 Å². The minimum absolute atomic E-state index is 0.00163. The molecule has 2 aromatic rings. The van der Waals surface area contributed by atoms with Crippen LogP contribution in [0.3, 0.4) is 0 Å². The van der Waals surface area contributed by atoms with Crippen molar-refractivity contribution in [3.63, 3.8) is 0 Å². The van der Waals surface area contributed by atoms with E-state index in [0.717, 1.165) is 42.5 Å². The van der Waals surface area contributed by atoms with Crippen LogP contribution in [0.15, 0.2) is 42.6 Å². The van der Waals surface area contributed by atoms with Gasteiger partial charge in [-0.2, -0.15) is 0 Å². The normalized spacial score (nSPS) is 15.3. The van der Waals surface area contributed by atoms with Crippen molar-refractivity contribution in [1.29, 1.82) is 0 Å². The van der Waals surface area contributed by atoms with Gasteiger partial charge >= 0.3 is 0 Å². The van der Waals surface area contributed by atoms with Crippen molar-refractivity contribution in [2.45, 2.75) is 6.54 Å². The zero-order valence-electron chi connectivity index (χ0n) is 13.7. The largest absolute Gasteiger partial charge is 0.381 e. The number of piperazine rings is 1. The lowest BCUT2D eigenvalue weighted by molar-refractivity contribution is 0.0658. The van der Waals surface area contributed by atoms with Crippen molar-refractivity contribution in [3.05, 3.63) is 58.9 Å². The van der Waals surface area contributed by atoms with Gasteiger partial charge in [0.25, 0.3) is 5.91 Å². The molecule has 0 spiro atoms. The fraction of sp³-hybridized carbons (Fsp3) is 0.333. The molecule has 0 aliphatic carbocycles. The molecule has 0 unspecified atom stereocenters. The van der Waals surface area contributed by atoms with Crippen LogP contribution in [-0.4, -0.2) is 53.9 Å². The van der Waals surface area contributed by atoms with Crippen molar-refractivity contribution in [2.24, 2.45) is 0 Å². The van der Waals surface area contributed by atoms with Gasteiger partial charge in [-0.25, -0.2) is 0 Å². The number of pyridine rings is 1. The summed E-state index contributed by atoms with van der Waals surface area (Å²) in [5.74, 6) is -0.00163. The van der Waals surface area contributed by atoms with Gasteiger partial charge in [0.2, 0.25) is 0 Å². The molecule has 1 aliphatic rings. The third kappa shape index (κ3) is 4.24. The van der Waals surface area contributed by atoms with E-state index in [1.807, 2.05) is 41.3 Å². The second-order valence-corrected chi connectivity index (χ2v) is 6.44. The molecule has 2 heterocycles. The minimum atomic E-state index is -0.00163. The third-order valence-electron chi connectivity index (χ3n) is 4.18. The van der Waals surface area contributed by atoms with Gasteiger partial charge in [-0.1, -0.05) is 23.7 Å². The van der Waals surface area contributed by atoms with Crippen molar-refractivity contribution in [1.82, 2.24) is 14.8 Å². The van der Waals surface area contributed by atoms with Crippen LogP contribution in [0.2, 0.25) is 5.02 Å². The minimum Gasteiger partial charge on any atom is -0.381 e. The average molecular weight is 345 g/mol. The fourth-order valence-electron chi connectivity index (χ4n) is 2.64. The van der Waals surface area contributed by atoms with E-state index in [2.05, 4.69) is 22.2 Å². The fourth-order valence-corrected chi connectivity index (χ4v) is 2.76. The number of carbonyl (C=O) groups is 1. The molecule has 1 aliphatic heterocycles. The number of hydrogen-bond donors (Lipinski definition) is 1. The number of aromatic nitrogens is 1. The molecule has 0 bridgehead atoms. The van der Waals surface area contributed by atoms with E-state index in [0.29, 0.717) is 12.2 Å². The Balaban J connectivity index is 1.63. The van der Waals surface area contributed by atoms with E-state index >= 15 is 0 Å². The molecule has 1 fully saturated rings. The summed E-state index contributed by atoms with van der Waals surface area (Å²) in [7, 11) is 2.07. The first-order valence-electron chi connectivity index (χ1n) is 8.04. The SMILES string of the molecule is CN1CCN(C(=O)c2cc(NCc3ccc(Cl)cc3)ccn2)CC1. The molecule has 24 heavy (non-hydrogen) atoms. The highest BCUT2D eigenvalue weighted by Crippen LogP contribution is 2.14. The monoisotopic (exact) mass is 344 g/mol. The summed E-state index contributed by atoms with van der Waals surface area (Å²) in [6.07, 6.45) is 1.67. The van der Waals surface area contributed by atoms with Gasteiger partial charge in [0.05, 0.1) is 0 Å². The lowest BCUT2D eigenvalue weighted by Crippen LogP contribution is -2.47. The maximum atomic E-state index is 12.6. The average Bonchev–Trinajstić information content (AvgIpc) is 2.61. The first-order valence-corrected chi connectivity index (χ1v) is 8.42. The van der Waals surface area contributed by atoms with Gasteiger partial charge in [-0.05, 0) is 36.9 Å². The summed E-state index contributed by atoms with van der Waals surface area (Å²) < 4.78 is 0. The lowest BCUT2D eigenvalue weighted by atomic mass is 10.2. The molecule has 1 N–H and O–H groups in total. The number of nitrogens with one attached hydrogen (secondary N) is 1. The van der Waals surface area contributed by atoms with Gasteiger partial charge in [0, 0.05) is 49.6 Å². The highest BCUT2D eigenvalue weighted by atomic mass is 35.5. The Morgan fingerprint density at radius 1 is 1.17 bits per heavy atom. The molecule has 5 nitrogen and oxygen atoms in total. The van der Waals surface area contributed by atoms with E-state index < -0.39 is 0 Å². The number of anilines is 1. The molecular weight excluding hydrogens is 324 g/mol. The maximum Gasteiger partial charge on any atom is 0.272 e. The third-order valence-corrected chi connectivity index (χ3v) is 4.43. The van der Waals surface area contributed by atoms with Gasteiger partial charge in [-0.3, -0.25) is 9.78 Å². The molecule has 1 amide bonds. The molecule has 126 valence electrons. The smallest absolute Gasteiger partial charge is 0.272 e. The Hall–Kier alpha value is -2.11. The van der Waals surface area contributed by atoms with E-state index in [9.17, 15) is 4.79 Å². The van der Waals surface area contributed by atoms with Crippen LogP contribution in [0, 0.1) is 0 Å². The van der Waals surface area contributed by atoms with Crippen molar-refractivity contribution in [3.8, 4) is 0 Å². The summed E-state index contributed by atoms with van der Waals surface area (Å²) >= 11 is 5.89. The molecule has 1 aromatic heterocycles. The summed E-state index contributed by atoms with van der Waals surface area (Å²) in [6, 6.07) is 11.4. The number of hydrogen-bond acceptors (Lipinski definition) is 4. The quantitative estimate of drug-likeness (QED) is 0.926. The highest BCUT2D eigenvalue weighted by Gasteiger charge is 2.21. The van der Waals surface area contributed by atoms with Gasteiger partial charge in [-0.15, -0.1) is 0 Å². The van der Waals surface area contributed by atoms with Crippen molar-refractivity contribution >= 4 is 23.2 Å². The second kappa shape index (κ2) is 7.64. The number of nitrogens with zero attached hydrogens (tertiary/aromatic N) is 3. The van der Waals surface area contributed by atoms with Crippen molar-refractivity contribution < 1.29 is 4.79 Å². The summed E-state index contributed by atoms with van der Waals surface area (Å²) in [6.45, 7) is 3.97. The molecule has 1 saturated heterocycles.